The molecule has 2 aliphatic heterocycles. The number of nitrogens with one attached hydrogen (secondary N) is 2. The van der Waals surface area contributed by atoms with E-state index in [9.17, 15) is 10.2 Å². The molecule has 0 spiro atoms. The van der Waals surface area contributed by atoms with E-state index < -0.39 is 12.5 Å². The molecule has 0 amide bonds. The van der Waals surface area contributed by atoms with Crippen molar-refractivity contribution in [2.24, 2.45) is 16.8 Å². The van der Waals surface area contributed by atoms with Crippen LogP contribution in [0.25, 0.3) is 0 Å². The van der Waals surface area contributed by atoms with Crippen LogP contribution in [-0.2, 0) is 0 Å². The topological polar surface area (TPSA) is 80.1 Å². The molecule has 0 radical (unpaired) electrons. The Morgan fingerprint density at radius 3 is 2.50 bits per heavy atom. The second kappa shape index (κ2) is 7.08. The Balaban J connectivity index is 1.59. The van der Waals surface area contributed by atoms with Gasteiger partial charge in [-0.05, 0) is 32.1 Å². The van der Waals surface area contributed by atoms with Crippen LogP contribution >= 0.6 is 0 Å². The first-order valence-corrected chi connectivity index (χ1v) is 8.55. The van der Waals surface area contributed by atoms with E-state index >= 15 is 0 Å². The predicted molar refractivity (Wildman–Crippen MR) is 85.5 cm³/mol. The van der Waals surface area contributed by atoms with E-state index in [-0.39, 0.29) is 18.1 Å². The SMILES string of the molecule is C=CCCCCC1=NC(N2C(O)C3CCCCC3C2O)NN1. The number of aliphatic hydroxyl groups is 2. The number of aliphatic hydroxyl groups excluding tert-OH is 2. The van der Waals surface area contributed by atoms with Gasteiger partial charge in [0.05, 0.1) is 0 Å². The second-order valence-electron chi connectivity index (χ2n) is 6.64. The molecule has 1 aliphatic carbocycles. The zero-order valence-corrected chi connectivity index (χ0v) is 13.1. The van der Waals surface area contributed by atoms with Crippen LogP contribution in [0.15, 0.2) is 17.6 Å². The number of allylic oxidation sites excluding steroid dienone is 1. The highest BCUT2D eigenvalue weighted by Gasteiger charge is 2.51. The summed E-state index contributed by atoms with van der Waals surface area (Å²) >= 11 is 0. The van der Waals surface area contributed by atoms with Crippen LogP contribution in [0.5, 0.6) is 0 Å². The Bertz CT molecular complexity index is 410. The number of aliphatic imine (C=N–C) groups is 1. The van der Waals surface area contributed by atoms with E-state index in [2.05, 4.69) is 22.4 Å². The smallest absolute Gasteiger partial charge is 0.178 e. The molecule has 5 atom stereocenters. The molecule has 6 heteroatoms. The Labute approximate surface area is 132 Å². The summed E-state index contributed by atoms with van der Waals surface area (Å²) in [5.74, 6) is 1.26. The van der Waals surface area contributed by atoms with Gasteiger partial charge in [0.15, 0.2) is 6.29 Å². The Hall–Kier alpha value is -0.950. The van der Waals surface area contributed by atoms with Crippen LogP contribution in [0.4, 0.5) is 0 Å². The molecule has 0 bridgehead atoms. The van der Waals surface area contributed by atoms with Gasteiger partial charge >= 0.3 is 0 Å². The normalized spacial score (nSPS) is 38.5. The average Bonchev–Trinajstić information content (AvgIpc) is 3.08. The number of nitrogens with zero attached hydrogens (tertiary/aromatic N) is 2. The van der Waals surface area contributed by atoms with Gasteiger partial charge in [0, 0.05) is 18.3 Å². The van der Waals surface area contributed by atoms with E-state index in [1.165, 1.54) is 0 Å². The summed E-state index contributed by atoms with van der Waals surface area (Å²) in [6.07, 6.45) is 8.70. The van der Waals surface area contributed by atoms with Crippen LogP contribution in [-0.4, -0.2) is 39.7 Å². The third-order valence-corrected chi connectivity index (χ3v) is 5.23. The van der Waals surface area contributed by atoms with Gasteiger partial charge in [-0.25, -0.2) is 9.89 Å². The standard InChI is InChI=1S/C16H28N4O2/c1-2-3-4-5-10-13-17-16(19-18-13)20-14(21)11-8-6-7-9-12(11)15(20)22/h2,11-12,14-16,19,21-22H,1,3-10H2,(H,17,18). The molecular weight excluding hydrogens is 280 g/mol. The van der Waals surface area contributed by atoms with Gasteiger partial charge in [-0.15, -0.1) is 6.58 Å². The summed E-state index contributed by atoms with van der Waals surface area (Å²) in [6.45, 7) is 3.73. The van der Waals surface area contributed by atoms with Crippen molar-refractivity contribution in [1.29, 1.82) is 0 Å². The maximum absolute atomic E-state index is 10.6. The molecule has 2 heterocycles. The molecule has 1 saturated carbocycles. The number of hydrogen-bond donors (Lipinski definition) is 4. The largest absolute Gasteiger partial charge is 0.378 e. The van der Waals surface area contributed by atoms with E-state index in [0.717, 1.165) is 57.2 Å². The van der Waals surface area contributed by atoms with E-state index in [1.54, 1.807) is 4.90 Å². The van der Waals surface area contributed by atoms with Gasteiger partial charge < -0.3 is 15.6 Å². The van der Waals surface area contributed by atoms with Gasteiger partial charge in [0.25, 0.3) is 0 Å². The van der Waals surface area contributed by atoms with Crippen LogP contribution in [0.2, 0.25) is 0 Å². The number of unbranched alkanes of at least 4 members (excludes halogenated alkanes) is 2. The summed E-state index contributed by atoms with van der Waals surface area (Å²) < 4.78 is 0. The summed E-state index contributed by atoms with van der Waals surface area (Å²) in [7, 11) is 0. The minimum atomic E-state index is -0.608. The molecular formula is C16H28N4O2. The van der Waals surface area contributed by atoms with E-state index in [0.29, 0.717) is 0 Å². The fraction of sp³-hybridized carbons (Fsp3) is 0.812. The van der Waals surface area contributed by atoms with Crippen molar-refractivity contribution in [3.63, 3.8) is 0 Å². The fourth-order valence-corrected chi connectivity index (χ4v) is 4.03. The molecule has 1 saturated heterocycles. The lowest BCUT2D eigenvalue weighted by molar-refractivity contribution is -0.0966. The summed E-state index contributed by atoms with van der Waals surface area (Å²) in [5, 5.41) is 21.1. The zero-order valence-electron chi connectivity index (χ0n) is 13.1. The van der Waals surface area contributed by atoms with E-state index in [1.807, 2.05) is 6.08 Å². The highest BCUT2D eigenvalue weighted by atomic mass is 16.3. The lowest BCUT2D eigenvalue weighted by Crippen LogP contribution is -2.52. The van der Waals surface area contributed by atoms with Gasteiger partial charge in [-0.2, -0.15) is 5.43 Å². The molecule has 0 aromatic rings. The van der Waals surface area contributed by atoms with Crippen molar-refractivity contribution in [3.8, 4) is 0 Å². The van der Waals surface area contributed by atoms with Crippen molar-refractivity contribution in [3.05, 3.63) is 12.7 Å². The molecule has 124 valence electrons. The first kappa shape index (κ1) is 15.9. The Morgan fingerprint density at radius 2 is 1.86 bits per heavy atom. The van der Waals surface area contributed by atoms with E-state index in [4.69, 9.17) is 0 Å². The summed E-state index contributed by atoms with van der Waals surface area (Å²) in [5.41, 5.74) is 6.19. The van der Waals surface area contributed by atoms with Crippen LogP contribution < -0.4 is 10.9 Å². The lowest BCUT2D eigenvalue weighted by Gasteiger charge is -2.28. The number of hydrazine groups is 1. The summed E-state index contributed by atoms with van der Waals surface area (Å²) in [6, 6.07) is 0. The monoisotopic (exact) mass is 308 g/mol. The first-order valence-electron chi connectivity index (χ1n) is 8.55. The quantitative estimate of drug-likeness (QED) is 0.439. The fourth-order valence-electron chi connectivity index (χ4n) is 4.03. The van der Waals surface area contributed by atoms with Crippen molar-refractivity contribution >= 4 is 5.84 Å². The Morgan fingerprint density at radius 1 is 1.18 bits per heavy atom. The van der Waals surface area contributed by atoms with Gasteiger partial charge in [-0.1, -0.05) is 18.9 Å². The number of rotatable bonds is 6. The maximum Gasteiger partial charge on any atom is 0.178 e. The predicted octanol–water partition coefficient (Wildman–Crippen LogP) is 1.28. The highest BCUT2D eigenvalue weighted by molar-refractivity contribution is 5.83. The molecule has 6 nitrogen and oxygen atoms in total. The van der Waals surface area contributed by atoms with Gasteiger partial charge in [0.1, 0.15) is 18.3 Å². The minimum Gasteiger partial charge on any atom is -0.378 e. The third kappa shape index (κ3) is 3.06. The lowest BCUT2D eigenvalue weighted by atomic mass is 9.80. The molecule has 3 aliphatic rings. The maximum atomic E-state index is 10.6. The van der Waals surface area contributed by atoms with Crippen molar-refractivity contribution < 1.29 is 10.2 Å². The van der Waals surface area contributed by atoms with Gasteiger partial charge in [-0.3, -0.25) is 0 Å². The number of fused-ring (bicyclic) bond motifs is 1. The number of likely N-dealkylation sites (tertiary alicyclic amines) is 1. The van der Waals surface area contributed by atoms with Crippen LogP contribution in [0.1, 0.15) is 51.4 Å². The third-order valence-electron chi connectivity index (χ3n) is 5.23. The average molecular weight is 308 g/mol. The highest BCUT2D eigenvalue weighted by Crippen LogP contribution is 2.43. The van der Waals surface area contributed by atoms with Crippen molar-refractivity contribution in [2.75, 3.05) is 0 Å². The minimum absolute atomic E-state index is 0.178. The molecule has 3 rings (SSSR count). The molecule has 0 aromatic carbocycles. The molecule has 2 fully saturated rings. The number of amidine groups is 1. The molecule has 5 unspecified atom stereocenters. The van der Waals surface area contributed by atoms with Crippen molar-refractivity contribution in [2.45, 2.75) is 70.1 Å². The molecule has 0 aromatic heterocycles. The first-order chi connectivity index (χ1) is 10.7. The number of hydrogen-bond acceptors (Lipinski definition) is 6. The van der Waals surface area contributed by atoms with Gasteiger partial charge in [0.2, 0.25) is 0 Å². The van der Waals surface area contributed by atoms with Crippen molar-refractivity contribution in [1.82, 2.24) is 15.8 Å². The molecule has 22 heavy (non-hydrogen) atoms. The van der Waals surface area contributed by atoms with Crippen LogP contribution in [0.3, 0.4) is 0 Å². The van der Waals surface area contributed by atoms with Crippen LogP contribution in [0, 0.1) is 11.8 Å². The second-order valence-corrected chi connectivity index (χ2v) is 6.64. The Kier molecular flexibility index (Phi) is 5.13. The molecule has 4 N–H and O–H groups in total. The zero-order chi connectivity index (χ0) is 15.5. The summed E-state index contributed by atoms with van der Waals surface area (Å²) in [4.78, 5) is 6.33.